The van der Waals surface area contributed by atoms with Gasteiger partial charge in [-0.05, 0) is 40.8 Å². The maximum Gasteiger partial charge on any atom is 0.0991 e. The Hall–Kier alpha value is -3.44. The second-order valence-corrected chi connectivity index (χ2v) is 5.69. The monoisotopic (exact) mass is 306 g/mol. The maximum absolute atomic E-state index is 8.92. The minimum absolute atomic E-state index is 0.672. The fourth-order valence-corrected chi connectivity index (χ4v) is 2.84. The Kier molecular flexibility index (Phi) is 3.53. The van der Waals surface area contributed by atoms with E-state index in [2.05, 4.69) is 47.5 Å². The maximum atomic E-state index is 8.92. The van der Waals surface area contributed by atoms with Crippen molar-refractivity contribution in [3.8, 4) is 28.5 Å². The summed E-state index contributed by atoms with van der Waals surface area (Å²) in [6.45, 7) is 0. The summed E-state index contributed by atoms with van der Waals surface area (Å²) in [6.07, 6.45) is 1.92. The van der Waals surface area contributed by atoms with Crippen LogP contribution in [0.2, 0.25) is 0 Å². The van der Waals surface area contributed by atoms with Gasteiger partial charge in [-0.3, -0.25) is 4.98 Å². The molecule has 0 spiro atoms. The van der Waals surface area contributed by atoms with E-state index < -0.39 is 0 Å². The fourth-order valence-electron chi connectivity index (χ4n) is 2.84. The molecule has 0 fully saturated rings. The molecular weight excluding hydrogens is 292 g/mol. The van der Waals surface area contributed by atoms with E-state index in [-0.39, 0.29) is 0 Å². The topological polar surface area (TPSA) is 36.7 Å². The number of hydrogen-bond acceptors (Lipinski definition) is 2. The third-order valence-electron chi connectivity index (χ3n) is 4.14. The van der Waals surface area contributed by atoms with Crippen LogP contribution < -0.4 is 0 Å². The molecule has 0 aliphatic heterocycles. The van der Waals surface area contributed by atoms with Gasteiger partial charge in [0.1, 0.15) is 0 Å². The van der Waals surface area contributed by atoms with E-state index in [9.17, 15) is 0 Å². The summed E-state index contributed by atoms with van der Waals surface area (Å²) in [4.78, 5) is 4.60. The molecule has 4 rings (SSSR count). The first-order valence-corrected chi connectivity index (χ1v) is 7.79. The highest BCUT2D eigenvalue weighted by atomic mass is 14.7. The highest BCUT2D eigenvalue weighted by molar-refractivity contribution is 5.85. The van der Waals surface area contributed by atoms with E-state index in [1.54, 1.807) is 0 Å². The van der Waals surface area contributed by atoms with E-state index in [1.165, 1.54) is 5.39 Å². The predicted octanol–water partition coefficient (Wildman–Crippen LogP) is 5.44. The van der Waals surface area contributed by atoms with Crippen LogP contribution in [0.3, 0.4) is 0 Å². The smallest absolute Gasteiger partial charge is 0.0991 e. The summed E-state index contributed by atoms with van der Waals surface area (Å²) in [5.41, 5.74) is 4.93. The Bertz CT molecular complexity index is 1060. The lowest BCUT2D eigenvalue weighted by atomic mass is 10.00. The molecule has 0 atom stereocenters. The van der Waals surface area contributed by atoms with Gasteiger partial charge in [0.2, 0.25) is 0 Å². The van der Waals surface area contributed by atoms with Crippen LogP contribution in [0.4, 0.5) is 0 Å². The summed E-state index contributed by atoms with van der Waals surface area (Å²) in [6, 6.07) is 28.5. The molecule has 2 nitrogen and oxygen atoms in total. The van der Waals surface area contributed by atoms with Crippen molar-refractivity contribution < 1.29 is 0 Å². The highest BCUT2D eigenvalue weighted by Crippen LogP contribution is 2.27. The van der Waals surface area contributed by atoms with Gasteiger partial charge in [0.25, 0.3) is 0 Å². The van der Waals surface area contributed by atoms with Crippen molar-refractivity contribution in [1.29, 1.82) is 5.26 Å². The third kappa shape index (κ3) is 2.64. The normalized spacial score (nSPS) is 10.5. The zero-order valence-electron chi connectivity index (χ0n) is 13.0. The quantitative estimate of drug-likeness (QED) is 0.494. The lowest BCUT2D eigenvalue weighted by Crippen LogP contribution is -1.86. The number of hydrogen-bond donors (Lipinski definition) is 0. The molecule has 0 aliphatic rings. The van der Waals surface area contributed by atoms with E-state index in [1.807, 2.05) is 48.7 Å². The Morgan fingerprint density at radius 1 is 0.667 bits per heavy atom. The number of pyridine rings is 1. The van der Waals surface area contributed by atoms with Crippen molar-refractivity contribution in [3.05, 3.63) is 90.6 Å². The van der Waals surface area contributed by atoms with Crippen molar-refractivity contribution in [1.82, 2.24) is 4.98 Å². The first kappa shape index (κ1) is 14.2. The molecule has 0 N–H and O–H groups in total. The van der Waals surface area contributed by atoms with Crippen LogP contribution in [0.1, 0.15) is 5.56 Å². The first-order chi connectivity index (χ1) is 11.8. The van der Waals surface area contributed by atoms with Crippen LogP contribution in [-0.4, -0.2) is 4.98 Å². The molecule has 3 aromatic carbocycles. The van der Waals surface area contributed by atoms with Crippen LogP contribution in [0.5, 0.6) is 0 Å². The molecular formula is C22H14N2. The van der Waals surface area contributed by atoms with E-state index in [0.29, 0.717) is 5.56 Å². The SMILES string of the molecule is N#Cc1ccc(-c2cccc(-c3cc4ccccc4cn3)c2)cc1. The Morgan fingerprint density at radius 2 is 1.42 bits per heavy atom. The number of rotatable bonds is 2. The van der Waals surface area contributed by atoms with Crippen LogP contribution >= 0.6 is 0 Å². The average molecular weight is 306 g/mol. The van der Waals surface area contributed by atoms with Crippen molar-refractivity contribution >= 4 is 10.8 Å². The zero-order valence-corrected chi connectivity index (χ0v) is 13.0. The number of nitriles is 1. The number of fused-ring (bicyclic) bond motifs is 1. The largest absolute Gasteiger partial charge is 0.256 e. The summed E-state index contributed by atoms with van der Waals surface area (Å²) in [5, 5.41) is 11.2. The molecule has 1 aromatic heterocycles. The number of benzene rings is 3. The van der Waals surface area contributed by atoms with Crippen molar-refractivity contribution in [2.24, 2.45) is 0 Å². The Morgan fingerprint density at radius 3 is 2.21 bits per heavy atom. The fraction of sp³-hybridized carbons (Fsp3) is 0. The lowest BCUT2D eigenvalue weighted by molar-refractivity contribution is 1.36. The van der Waals surface area contributed by atoms with Crippen molar-refractivity contribution in [2.45, 2.75) is 0 Å². The van der Waals surface area contributed by atoms with E-state index in [4.69, 9.17) is 5.26 Å². The lowest BCUT2D eigenvalue weighted by Gasteiger charge is -2.07. The van der Waals surface area contributed by atoms with E-state index >= 15 is 0 Å². The van der Waals surface area contributed by atoms with Gasteiger partial charge in [-0.2, -0.15) is 5.26 Å². The third-order valence-corrected chi connectivity index (χ3v) is 4.14. The van der Waals surface area contributed by atoms with Gasteiger partial charge in [-0.15, -0.1) is 0 Å². The van der Waals surface area contributed by atoms with E-state index in [0.717, 1.165) is 27.8 Å². The predicted molar refractivity (Wildman–Crippen MR) is 97.3 cm³/mol. The molecule has 2 heteroatoms. The molecule has 0 radical (unpaired) electrons. The van der Waals surface area contributed by atoms with Gasteiger partial charge in [0.15, 0.2) is 0 Å². The van der Waals surface area contributed by atoms with Crippen LogP contribution in [0, 0.1) is 11.3 Å². The molecule has 1 heterocycles. The van der Waals surface area contributed by atoms with Crippen LogP contribution in [-0.2, 0) is 0 Å². The molecule has 0 aliphatic carbocycles. The van der Waals surface area contributed by atoms with Gasteiger partial charge >= 0.3 is 0 Å². The highest BCUT2D eigenvalue weighted by Gasteiger charge is 2.04. The van der Waals surface area contributed by atoms with Crippen LogP contribution in [0.25, 0.3) is 33.2 Å². The van der Waals surface area contributed by atoms with Crippen molar-refractivity contribution in [2.75, 3.05) is 0 Å². The number of nitrogens with zero attached hydrogens (tertiary/aromatic N) is 2. The molecule has 0 unspecified atom stereocenters. The molecule has 0 bridgehead atoms. The second kappa shape index (κ2) is 5.98. The minimum Gasteiger partial charge on any atom is -0.256 e. The zero-order chi connectivity index (χ0) is 16.4. The standard InChI is InChI=1S/C22H14N2/c23-14-16-8-10-17(11-9-16)18-6-3-7-20(12-18)22-13-19-4-1-2-5-21(19)15-24-22/h1-13,15H. The van der Waals surface area contributed by atoms with Gasteiger partial charge < -0.3 is 0 Å². The van der Waals surface area contributed by atoms with Gasteiger partial charge in [-0.25, -0.2) is 0 Å². The molecule has 112 valence electrons. The summed E-state index contributed by atoms with van der Waals surface area (Å²) in [5.74, 6) is 0. The Balaban J connectivity index is 1.76. The summed E-state index contributed by atoms with van der Waals surface area (Å²) < 4.78 is 0. The Labute approximate surface area is 140 Å². The van der Waals surface area contributed by atoms with Gasteiger partial charge in [-0.1, -0.05) is 54.6 Å². The molecule has 0 saturated carbocycles. The summed E-state index contributed by atoms with van der Waals surface area (Å²) in [7, 11) is 0. The number of aromatic nitrogens is 1. The van der Waals surface area contributed by atoms with Crippen molar-refractivity contribution in [3.63, 3.8) is 0 Å². The molecule has 4 aromatic rings. The average Bonchev–Trinajstić information content (AvgIpc) is 2.68. The first-order valence-electron chi connectivity index (χ1n) is 7.79. The summed E-state index contributed by atoms with van der Waals surface area (Å²) >= 11 is 0. The van der Waals surface area contributed by atoms with Crippen LogP contribution in [0.15, 0.2) is 85.1 Å². The second-order valence-electron chi connectivity index (χ2n) is 5.69. The molecule has 0 amide bonds. The minimum atomic E-state index is 0.672. The van der Waals surface area contributed by atoms with Gasteiger partial charge in [0.05, 0.1) is 17.3 Å². The van der Waals surface area contributed by atoms with Gasteiger partial charge in [0, 0.05) is 17.1 Å². The molecule has 0 saturated heterocycles. The molecule has 24 heavy (non-hydrogen) atoms.